The van der Waals surface area contributed by atoms with Crippen LogP contribution in [0.2, 0.25) is 0 Å². The molecule has 0 unspecified atom stereocenters. The van der Waals surface area contributed by atoms with Gasteiger partial charge in [-0.3, -0.25) is 9.59 Å². The van der Waals surface area contributed by atoms with E-state index in [0.717, 1.165) is 15.9 Å². The number of methoxy groups -OCH3 is 1. The molecule has 3 aromatic rings. The van der Waals surface area contributed by atoms with Gasteiger partial charge in [-0.1, -0.05) is 15.9 Å². The molecule has 150 valence electrons. The van der Waals surface area contributed by atoms with E-state index < -0.39 is 5.97 Å². The Bertz CT molecular complexity index is 974. The fourth-order valence-electron chi connectivity index (χ4n) is 2.29. The predicted octanol–water partition coefficient (Wildman–Crippen LogP) is 4.13. The maximum Gasteiger partial charge on any atom is 0.325 e. The summed E-state index contributed by atoms with van der Waals surface area (Å²) >= 11 is 4.71. The molecule has 7 nitrogen and oxygen atoms in total. The van der Waals surface area contributed by atoms with Crippen molar-refractivity contribution in [3.05, 3.63) is 69.6 Å². The van der Waals surface area contributed by atoms with E-state index in [0.29, 0.717) is 16.4 Å². The van der Waals surface area contributed by atoms with E-state index in [1.54, 1.807) is 36.8 Å². The van der Waals surface area contributed by atoms with Gasteiger partial charge in [0, 0.05) is 21.1 Å². The topological polar surface area (TPSA) is 89.5 Å². The molecular formula is C20H18BrN3O4S. The van der Waals surface area contributed by atoms with Gasteiger partial charge in [-0.15, -0.1) is 11.3 Å². The second kappa shape index (κ2) is 10.0. The van der Waals surface area contributed by atoms with Gasteiger partial charge in [-0.05, 0) is 48.5 Å². The number of amides is 1. The number of rotatable bonds is 8. The SMILES string of the molecule is COc1ccc(Nc2nc(COC(=O)CNC(=O)c3ccc(Br)cc3)cs2)cc1. The molecule has 1 amide bonds. The molecule has 0 bridgehead atoms. The van der Waals surface area contributed by atoms with E-state index >= 15 is 0 Å². The highest BCUT2D eigenvalue weighted by atomic mass is 79.9. The number of thiazole rings is 1. The average molecular weight is 476 g/mol. The molecule has 0 fully saturated rings. The summed E-state index contributed by atoms with van der Waals surface area (Å²) in [6, 6.07) is 14.3. The molecule has 0 aliphatic rings. The van der Waals surface area contributed by atoms with Gasteiger partial charge in [-0.2, -0.15) is 0 Å². The average Bonchev–Trinajstić information content (AvgIpc) is 3.19. The maximum absolute atomic E-state index is 12.0. The predicted molar refractivity (Wildman–Crippen MR) is 115 cm³/mol. The van der Waals surface area contributed by atoms with Crippen LogP contribution < -0.4 is 15.4 Å². The Kier molecular flexibility index (Phi) is 7.20. The maximum atomic E-state index is 12.0. The van der Waals surface area contributed by atoms with Crippen molar-refractivity contribution in [3.8, 4) is 5.75 Å². The number of nitrogens with zero attached hydrogens (tertiary/aromatic N) is 1. The number of anilines is 2. The summed E-state index contributed by atoms with van der Waals surface area (Å²) in [7, 11) is 1.61. The highest BCUT2D eigenvalue weighted by Gasteiger charge is 2.10. The summed E-state index contributed by atoms with van der Waals surface area (Å²) in [5, 5.41) is 8.20. The molecule has 1 heterocycles. The first-order chi connectivity index (χ1) is 14.0. The third-order valence-electron chi connectivity index (χ3n) is 3.77. The molecule has 29 heavy (non-hydrogen) atoms. The van der Waals surface area contributed by atoms with Crippen LogP contribution in [0.5, 0.6) is 5.75 Å². The second-order valence-corrected chi connectivity index (χ2v) is 7.62. The molecule has 0 spiro atoms. The number of carbonyl (C=O) groups excluding carboxylic acids is 2. The lowest BCUT2D eigenvalue weighted by molar-refractivity contribution is -0.143. The van der Waals surface area contributed by atoms with Crippen molar-refractivity contribution in [1.29, 1.82) is 0 Å². The van der Waals surface area contributed by atoms with E-state index in [1.165, 1.54) is 11.3 Å². The van der Waals surface area contributed by atoms with Crippen LogP contribution >= 0.6 is 27.3 Å². The first kappa shape index (κ1) is 20.8. The van der Waals surface area contributed by atoms with E-state index in [4.69, 9.17) is 9.47 Å². The summed E-state index contributed by atoms with van der Waals surface area (Å²) in [4.78, 5) is 28.2. The quantitative estimate of drug-likeness (QED) is 0.476. The molecule has 0 atom stereocenters. The Labute approximate surface area is 180 Å². The van der Waals surface area contributed by atoms with Crippen LogP contribution in [0.4, 0.5) is 10.8 Å². The molecular weight excluding hydrogens is 458 g/mol. The first-order valence-corrected chi connectivity index (χ1v) is 10.3. The van der Waals surface area contributed by atoms with Gasteiger partial charge >= 0.3 is 5.97 Å². The lowest BCUT2D eigenvalue weighted by Crippen LogP contribution is -2.30. The standard InChI is InChI=1S/C20H18BrN3O4S/c1-27-17-8-6-15(7-9-17)23-20-24-16(12-29-20)11-28-18(25)10-22-19(26)13-2-4-14(21)5-3-13/h2-9,12H,10-11H2,1H3,(H,22,26)(H,23,24). The summed E-state index contributed by atoms with van der Waals surface area (Å²) in [5.41, 5.74) is 1.97. The molecule has 1 aromatic heterocycles. The number of hydrogen-bond donors (Lipinski definition) is 2. The molecule has 0 aliphatic carbocycles. The van der Waals surface area contributed by atoms with Crippen molar-refractivity contribution in [1.82, 2.24) is 10.3 Å². The molecule has 0 radical (unpaired) electrons. The fraction of sp³-hybridized carbons (Fsp3) is 0.150. The molecule has 9 heteroatoms. The number of nitrogens with one attached hydrogen (secondary N) is 2. The van der Waals surface area contributed by atoms with Gasteiger partial charge in [-0.25, -0.2) is 4.98 Å². The van der Waals surface area contributed by atoms with Crippen LogP contribution in [0.1, 0.15) is 16.1 Å². The number of halogens is 1. The number of benzene rings is 2. The van der Waals surface area contributed by atoms with Gasteiger partial charge in [0.1, 0.15) is 18.9 Å². The lowest BCUT2D eigenvalue weighted by Gasteiger charge is -2.06. The summed E-state index contributed by atoms with van der Waals surface area (Å²) in [6.07, 6.45) is 0. The van der Waals surface area contributed by atoms with Crippen LogP contribution in [0.25, 0.3) is 0 Å². The molecule has 2 N–H and O–H groups in total. The Morgan fingerprint density at radius 3 is 2.52 bits per heavy atom. The monoisotopic (exact) mass is 475 g/mol. The number of ether oxygens (including phenoxy) is 2. The van der Waals surface area contributed by atoms with Gasteiger partial charge in [0.05, 0.1) is 12.8 Å². The van der Waals surface area contributed by atoms with Crippen molar-refractivity contribution in [3.63, 3.8) is 0 Å². The van der Waals surface area contributed by atoms with Crippen LogP contribution in [0, 0.1) is 0 Å². The summed E-state index contributed by atoms with van der Waals surface area (Å²) in [6.45, 7) is -0.177. The summed E-state index contributed by atoms with van der Waals surface area (Å²) in [5.74, 6) is -0.100. The van der Waals surface area contributed by atoms with Crippen molar-refractivity contribution in [2.75, 3.05) is 19.0 Å². The van der Waals surface area contributed by atoms with E-state index in [-0.39, 0.29) is 19.1 Å². The smallest absolute Gasteiger partial charge is 0.325 e. The van der Waals surface area contributed by atoms with Crippen LogP contribution in [0.3, 0.4) is 0 Å². The van der Waals surface area contributed by atoms with E-state index in [1.807, 2.05) is 24.3 Å². The van der Waals surface area contributed by atoms with Crippen LogP contribution in [0.15, 0.2) is 58.4 Å². The number of esters is 1. The Balaban J connectivity index is 1.43. The molecule has 0 aliphatic heterocycles. The second-order valence-electron chi connectivity index (χ2n) is 5.85. The Morgan fingerprint density at radius 1 is 1.10 bits per heavy atom. The fourth-order valence-corrected chi connectivity index (χ4v) is 3.27. The molecule has 3 rings (SSSR count). The van der Waals surface area contributed by atoms with Crippen LogP contribution in [-0.4, -0.2) is 30.5 Å². The minimum absolute atomic E-state index is 0.0355. The van der Waals surface area contributed by atoms with Crippen molar-refractivity contribution in [2.24, 2.45) is 0 Å². The van der Waals surface area contributed by atoms with E-state index in [2.05, 4.69) is 31.5 Å². The molecule has 2 aromatic carbocycles. The number of carbonyl (C=O) groups is 2. The van der Waals surface area contributed by atoms with Gasteiger partial charge in [0.25, 0.3) is 5.91 Å². The van der Waals surface area contributed by atoms with E-state index in [9.17, 15) is 9.59 Å². The van der Waals surface area contributed by atoms with Gasteiger partial charge < -0.3 is 20.1 Å². The van der Waals surface area contributed by atoms with Crippen LogP contribution in [-0.2, 0) is 16.1 Å². The summed E-state index contributed by atoms with van der Waals surface area (Å²) < 4.78 is 11.2. The zero-order chi connectivity index (χ0) is 20.6. The minimum atomic E-state index is -0.534. The zero-order valence-corrected chi connectivity index (χ0v) is 17.9. The van der Waals surface area contributed by atoms with Crippen molar-refractivity contribution < 1.29 is 19.1 Å². The van der Waals surface area contributed by atoms with Gasteiger partial charge in [0.2, 0.25) is 0 Å². The third kappa shape index (κ3) is 6.30. The largest absolute Gasteiger partial charge is 0.497 e. The van der Waals surface area contributed by atoms with Crippen molar-refractivity contribution >= 4 is 50.0 Å². The highest BCUT2D eigenvalue weighted by molar-refractivity contribution is 9.10. The lowest BCUT2D eigenvalue weighted by atomic mass is 10.2. The Morgan fingerprint density at radius 2 is 1.83 bits per heavy atom. The normalized spacial score (nSPS) is 10.3. The molecule has 0 saturated heterocycles. The zero-order valence-electron chi connectivity index (χ0n) is 15.5. The first-order valence-electron chi connectivity index (χ1n) is 8.58. The Hall–Kier alpha value is -2.91. The number of hydrogen-bond acceptors (Lipinski definition) is 7. The minimum Gasteiger partial charge on any atom is -0.497 e. The van der Waals surface area contributed by atoms with Crippen molar-refractivity contribution in [2.45, 2.75) is 6.61 Å². The third-order valence-corrected chi connectivity index (χ3v) is 5.11. The highest BCUT2D eigenvalue weighted by Crippen LogP contribution is 2.23. The van der Waals surface area contributed by atoms with Gasteiger partial charge in [0.15, 0.2) is 5.13 Å². The molecule has 0 saturated carbocycles. The number of aromatic nitrogens is 1.